The van der Waals surface area contributed by atoms with Crippen LogP contribution in [0.4, 0.5) is 0 Å². The fourth-order valence-electron chi connectivity index (χ4n) is 5.97. The molecule has 0 atom stereocenters. The molecule has 4 rings (SSSR count). The highest BCUT2D eigenvalue weighted by atomic mass is 16.5. The molecule has 0 unspecified atom stereocenters. The lowest BCUT2D eigenvalue weighted by Crippen LogP contribution is -2.70. The molecule has 0 N–H and O–H groups in total. The van der Waals surface area contributed by atoms with Crippen molar-refractivity contribution in [3.05, 3.63) is 0 Å². The van der Waals surface area contributed by atoms with Crippen molar-refractivity contribution in [2.75, 3.05) is 59.0 Å². The van der Waals surface area contributed by atoms with Crippen LogP contribution in [0.3, 0.4) is 0 Å². The molecule has 0 aromatic rings. The van der Waals surface area contributed by atoms with Gasteiger partial charge in [0.2, 0.25) is 0 Å². The zero-order valence-electron chi connectivity index (χ0n) is 19.7. The number of likely N-dealkylation sites (tertiary alicyclic amines) is 2. The van der Waals surface area contributed by atoms with Crippen LogP contribution in [0.1, 0.15) is 60.3 Å². The Morgan fingerprint density at radius 3 is 2.17 bits per heavy atom. The molecule has 1 aliphatic carbocycles. The number of hydrogen-bond donors (Lipinski definition) is 0. The number of nitrogens with zero attached hydrogens (tertiary/aromatic N) is 3. The van der Waals surface area contributed by atoms with Crippen LogP contribution in [0.2, 0.25) is 0 Å². The minimum absolute atomic E-state index is 0.000541. The zero-order chi connectivity index (χ0) is 20.6. The quantitative estimate of drug-likeness (QED) is 0.675. The summed E-state index contributed by atoms with van der Waals surface area (Å²) in [5, 5.41) is 0. The molecule has 3 heterocycles. The third kappa shape index (κ3) is 5.74. The summed E-state index contributed by atoms with van der Waals surface area (Å²) in [6.07, 6.45) is 5.70. The van der Waals surface area contributed by atoms with Crippen molar-refractivity contribution >= 4 is 0 Å². The first-order chi connectivity index (χ1) is 13.7. The van der Waals surface area contributed by atoms with Crippen LogP contribution in [-0.4, -0.2) is 97.0 Å². The maximum absolute atomic E-state index is 6.30. The number of piperidine rings is 1. The summed E-state index contributed by atoms with van der Waals surface area (Å²) in [5.74, 6) is 1.71. The van der Waals surface area contributed by atoms with E-state index in [1.165, 1.54) is 51.9 Å². The third-order valence-electron chi connectivity index (χ3n) is 7.48. The van der Waals surface area contributed by atoms with Crippen molar-refractivity contribution in [3.8, 4) is 0 Å². The molecule has 0 aromatic carbocycles. The van der Waals surface area contributed by atoms with Crippen molar-refractivity contribution in [3.63, 3.8) is 0 Å². The minimum Gasteiger partial charge on any atom is -0.373 e. The average molecular weight is 408 g/mol. The lowest BCUT2D eigenvalue weighted by atomic mass is 9.80. The van der Waals surface area contributed by atoms with Crippen LogP contribution < -0.4 is 0 Å². The van der Waals surface area contributed by atoms with E-state index in [9.17, 15) is 0 Å². The molecule has 0 bridgehead atoms. The SMILES string of the molecule is CC(C)N1CCC(CN2CC3(CN(CC4CC(OC(C)(C)C)C4)CCO3)C2)CC1. The molecule has 1 saturated carbocycles. The van der Waals surface area contributed by atoms with Gasteiger partial charge in [0.1, 0.15) is 5.60 Å². The normalized spacial score (nSPS) is 32.5. The van der Waals surface area contributed by atoms with Crippen molar-refractivity contribution in [1.82, 2.24) is 14.7 Å². The standard InChI is InChI=1S/C24H45N3O2/c1-19(2)27-8-6-20(7-9-27)14-26-17-24(18-26)16-25(10-11-28-24)15-21-12-22(13-21)29-23(3,4)5/h19-22H,6-18H2,1-5H3. The molecule has 5 nitrogen and oxygen atoms in total. The van der Waals surface area contributed by atoms with Gasteiger partial charge in [0, 0.05) is 45.3 Å². The van der Waals surface area contributed by atoms with Crippen LogP contribution in [0.15, 0.2) is 0 Å². The van der Waals surface area contributed by atoms with E-state index in [1.54, 1.807) is 0 Å². The highest BCUT2D eigenvalue weighted by Crippen LogP contribution is 2.36. The molecular weight excluding hydrogens is 362 g/mol. The molecule has 5 heteroatoms. The van der Waals surface area contributed by atoms with E-state index < -0.39 is 0 Å². The zero-order valence-corrected chi connectivity index (χ0v) is 19.7. The van der Waals surface area contributed by atoms with Crippen molar-refractivity contribution in [2.45, 2.75) is 83.6 Å². The predicted molar refractivity (Wildman–Crippen MR) is 118 cm³/mol. The second-order valence-corrected chi connectivity index (χ2v) is 11.7. The van der Waals surface area contributed by atoms with E-state index in [1.807, 2.05) is 0 Å². The largest absolute Gasteiger partial charge is 0.373 e. The fourth-order valence-corrected chi connectivity index (χ4v) is 5.97. The van der Waals surface area contributed by atoms with E-state index in [-0.39, 0.29) is 11.2 Å². The van der Waals surface area contributed by atoms with Crippen LogP contribution in [0, 0.1) is 11.8 Å². The molecule has 3 saturated heterocycles. The number of morpholine rings is 1. The van der Waals surface area contributed by atoms with Gasteiger partial charge in [-0.05, 0) is 85.2 Å². The summed E-state index contributed by atoms with van der Waals surface area (Å²) in [6.45, 7) is 21.7. The van der Waals surface area contributed by atoms with E-state index in [4.69, 9.17) is 9.47 Å². The maximum atomic E-state index is 6.30. The molecule has 3 aliphatic heterocycles. The van der Waals surface area contributed by atoms with Gasteiger partial charge in [-0.2, -0.15) is 0 Å². The Morgan fingerprint density at radius 2 is 1.55 bits per heavy atom. The lowest BCUT2D eigenvalue weighted by molar-refractivity contribution is -0.191. The monoisotopic (exact) mass is 407 g/mol. The minimum atomic E-state index is -0.000541. The summed E-state index contributed by atoms with van der Waals surface area (Å²) < 4.78 is 12.4. The third-order valence-corrected chi connectivity index (χ3v) is 7.48. The van der Waals surface area contributed by atoms with Crippen LogP contribution in [0.5, 0.6) is 0 Å². The number of ether oxygens (including phenoxy) is 2. The Morgan fingerprint density at radius 1 is 0.931 bits per heavy atom. The number of hydrogen-bond acceptors (Lipinski definition) is 5. The van der Waals surface area contributed by atoms with E-state index in [0.29, 0.717) is 12.1 Å². The summed E-state index contributed by atoms with van der Waals surface area (Å²) in [5.41, 5.74) is 0.126. The van der Waals surface area contributed by atoms with Gasteiger partial charge >= 0.3 is 0 Å². The van der Waals surface area contributed by atoms with Gasteiger partial charge in [0.15, 0.2) is 0 Å². The summed E-state index contributed by atoms with van der Waals surface area (Å²) in [7, 11) is 0. The maximum Gasteiger partial charge on any atom is 0.106 e. The van der Waals surface area contributed by atoms with Gasteiger partial charge in [-0.15, -0.1) is 0 Å². The van der Waals surface area contributed by atoms with Crippen molar-refractivity contribution < 1.29 is 9.47 Å². The van der Waals surface area contributed by atoms with E-state index in [0.717, 1.165) is 44.6 Å². The number of rotatable bonds is 6. The molecule has 0 aromatic heterocycles. The smallest absolute Gasteiger partial charge is 0.106 e. The van der Waals surface area contributed by atoms with Gasteiger partial charge < -0.3 is 14.4 Å². The first kappa shape index (κ1) is 22.0. The van der Waals surface area contributed by atoms with Crippen LogP contribution in [0.25, 0.3) is 0 Å². The molecule has 29 heavy (non-hydrogen) atoms. The van der Waals surface area contributed by atoms with E-state index in [2.05, 4.69) is 49.3 Å². The average Bonchev–Trinajstić information content (AvgIpc) is 2.58. The van der Waals surface area contributed by atoms with E-state index >= 15 is 0 Å². The van der Waals surface area contributed by atoms with Crippen LogP contribution >= 0.6 is 0 Å². The molecule has 4 fully saturated rings. The first-order valence-electron chi connectivity index (χ1n) is 12.2. The Balaban J connectivity index is 1.14. The van der Waals surface area contributed by atoms with Gasteiger partial charge in [-0.25, -0.2) is 0 Å². The molecule has 168 valence electrons. The summed E-state index contributed by atoms with van der Waals surface area (Å²) >= 11 is 0. The Bertz CT molecular complexity index is 527. The molecule has 1 spiro atoms. The Labute approximate surface area is 179 Å². The first-order valence-corrected chi connectivity index (χ1v) is 12.2. The summed E-state index contributed by atoms with van der Waals surface area (Å²) in [6, 6.07) is 0.704. The Kier molecular flexibility index (Phi) is 6.63. The van der Waals surface area contributed by atoms with Gasteiger partial charge in [0.05, 0.1) is 18.3 Å². The van der Waals surface area contributed by atoms with Gasteiger partial charge in [-0.3, -0.25) is 9.80 Å². The summed E-state index contributed by atoms with van der Waals surface area (Å²) in [4.78, 5) is 7.98. The molecule has 4 aliphatic rings. The Hall–Kier alpha value is -0.200. The molecular formula is C24H45N3O2. The molecule has 0 amide bonds. The highest BCUT2D eigenvalue weighted by molar-refractivity contribution is 5.02. The van der Waals surface area contributed by atoms with Gasteiger partial charge in [-0.1, -0.05) is 0 Å². The van der Waals surface area contributed by atoms with Crippen LogP contribution in [-0.2, 0) is 9.47 Å². The topological polar surface area (TPSA) is 28.2 Å². The molecule has 0 radical (unpaired) electrons. The van der Waals surface area contributed by atoms with Crippen molar-refractivity contribution in [2.24, 2.45) is 11.8 Å². The predicted octanol–water partition coefficient (Wildman–Crippen LogP) is 3.09. The lowest BCUT2D eigenvalue weighted by Gasteiger charge is -2.55. The van der Waals surface area contributed by atoms with Gasteiger partial charge in [0.25, 0.3) is 0 Å². The second kappa shape index (κ2) is 8.74. The second-order valence-electron chi connectivity index (χ2n) is 11.7. The van der Waals surface area contributed by atoms with Crippen molar-refractivity contribution in [1.29, 1.82) is 0 Å². The fraction of sp³-hybridized carbons (Fsp3) is 1.00. The highest BCUT2D eigenvalue weighted by Gasteiger charge is 2.48.